The topological polar surface area (TPSA) is 98.7 Å². The van der Waals surface area contributed by atoms with Crippen molar-refractivity contribution in [1.29, 1.82) is 0 Å². The molecule has 1 unspecified atom stereocenters. The lowest BCUT2D eigenvalue weighted by molar-refractivity contribution is -0.369. The lowest BCUT2D eigenvalue weighted by Crippen LogP contribution is -2.68. The summed E-state index contributed by atoms with van der Waals surface area (Å²) in [5, 5.41) is 20.2. The zero-order valence-corrected chi connectivity index (χ0v) is 20.1. The van der Waals surface area contributed by atoms with Crippen molar-refractivity contribution < 1.29 is 81.3 Å². The summed E-state index contributed by atoms with van der Waals surface area (Å²) in [5.41, 5.74) is -6.96. The highest BCUT2D eigenvalue weighted by Gasteiger charge is 2.78. The summed E-state index contributed by atoms with van der Waals surface area (Å²) in [6.45, 7) is 1.65. The van der Waals surface area contributed by atoms with Gasteiger partial charge in [0.05, 0.1) is 5.54 Å². The zero-order valence-electron chi connectivity index (χ0n) is 20.1. The number of alkyl halides is 14. The van der Waals surface area contributed by atoms with Crippen molar-refractivity contribution in [2.24, 2.45) is 11.3 Å². The highest BCUT2D eigenvalue weighted by atomic mass is 19.4. The molecule has 0 radical (unpaired) electrons. The fourth-order valence-electron chi connectivity index (χ4n) is 3.99. The van der Waals surface area contributed by atoms with Gasteiger partial charge in [-0.3, -0.25) is 0 Å². The van der Waals surface area contributed by atoms with Gasteiger partial charge >= 0.3 is 48.2 Å². The number of hydrogen-bond acceptors (Lipinski definition) is 2. The van der Waals surface area contributed by atoms with Gasteiger partial charge in [-0.05, 0) is 24.2 Å². The van der Waals surface area contributed by atoms with Crippen LogP contribution < -0.4 is 10.6 Å². The van der Waals surface area contributed by atoms with E-state index in [1.165, 1.54) is 0 Å². The molecule has 0 aliphatic carbocycles. The predicted octanol–water partition coefficient (Wildman–Crippen LogP) is 7.15. The molecule has 0 aliphatic rings. The van der Waals surface area contributed by atoms with Gasteiger partial charge in [0.25, 0.3) is 0 Å². The van der Waals surface area contributed by atoms with E-state index >= 15 is 0 Å². The Morgan fingerprint density at radius 3 is 1.33 bits per heavy atom. The Bertz CT molecular complexity index is 831. The van der Waals surface area contributed by atoms with Gasteiger partial charge in [-0.25, -0.2) is 9.59 Å². The average Bonchev–Trinajstić information content (AvgIpc) is 2.63. The van der Waals surface area contributed by atoms with E-state index in [4.69, 9.17) is 10.2 Å². The number of carboxylic acid groups (broad SMARTS) is 2. The predicted molar refractivity (Wildman–Crippen MR) is 103 cm³/mol. The van der Waals surface area contributed by atoms with E-state index in [0.29, 0.717) is 13.8 Å². The summed E-state index contributed by atoms with van der Waals surface area (Å²) in [6.07, 6.45) is -26.4. The molecular formula is C19H24F14N2O4. The fraction of sp³-hybridized carbons (Fsp3) is 0.895. The van der Waals surface area contributed by atoms with Crippen LogP contribution in [0.3, 0.4) is 0 Å². The van der Waals surface area contributed by atoms with Crippen LogP contribution in [0.4, 0.5) is 71.1 Å². The number of carbonyl (C=O) groups is 2. The van der Waals surface area contributed by atoms with Crippen molar-refractivity contribution in [3.8, 4) is 0 Å². The first-order chi connectivity index (χ1) is 16.9. The molecule has 6 nitrogen and oxygen atoms in total. The van der Waals surface area contributed by atoms with Crippen LogP contribution in [0.25, 0.3) is 0 Å². The lowest BCUT2D eigenvalue weighted by atomic mass is 9.61. The number of amides is 2. The zero-order chi connectivity index (χ0) is 31.7. The van der Waals surface area contributed by atoms with Crippen molar-refractivity contribution in [3.05, 3.63) is 0 Å². The van der Waals surface area contributed by atoms with E-state index in [-0.39, 0.29) is 6.42 Å². The van der Waals surface area contributed by atoms with E-state index in [1.807, 2.05) is 0 Å². The lowest BCUT2D eigenvalue weighted by Gasteiger charge is -2.51. The van der Waals surface area contributed by atoms with Crippen LogP contribution >= 0.6 is 0 Å². The molecule has 1 atom stereocenters. The summed E-state index contributed by atoms with van der Waals surface area (Å²) in [7, 11) is 0. The molecule has 0 fully saturated rings. The minimum absolute atomic E-state index is 0.330. The first-order valence-corrected chi connectivity index (χ1v) is 10.5. The van der Waals surface area contributed by atoms with Crippen LogP contribution in [0.2, 0.25) is 0 Å². The molecule has 0 aromatic carbocycles. The van der Waals surface area contributed by atoms with Crippen molar-refractivity contribution in [1.82, 2.24) is 10.6 Å². The van der Waals surface area contributed by atoms with Gasteiger partial charge in [-0.15, -0.1) is 0 Å². The van der Waals surface area contributed by atoms with Gasteiger partial charge in [0.1, 0.15) is 0 Å². The summed E-state index contributed by atoms with van der Waals surface area (Å²) in [4.78, 5) is 21.9. The van der Waals surface area contributed by atoms with Crippen LogP contribution in [0.15, 0.2) is 0 Å². The van der Waals surface area contributed by atoms with Crippen molar-refractivity contribution in [3.63, 3.8) is 0 Å². The second-order valence-corrected chi connectivity index (χ2v) is 9.63. The first kappa shape index (κ1) is 36.6. The van der Waals surface area contributed by atoms with E-state index in [9.17, 15) is 71.1 Å². The maximum atomic E-state index is 14.5. The summed E-state index contributed by atoms with van der Waals surface area (Å²) in [6, 6.07) is 0. The Kier molecular flexibility index (Phi) is 10.5. The van der Waals surface area contributed by atoms with Gasteiger partial charge < -0.3 is 20.8 Å². The van der Waals surface area contributed by atoms with Gasteiger partial charge in [0.15, 0.2) is 0 Å². The molecule has 39 heavy (non-hydrogen) atoms. The largest absolute Gasteiger partial charge is 0.465 e. The summed E-state index contributed by atoms with van der Waals surface area (Å²) < 4.78 is 189. The number of nitrogens with one attached hydrogen (secondary N) is 2. The SMILES string of the molecule is CC(CCNC(=O)O)CC(C)(C)C(CC(F)(F)C(F)(F)C(F)(F)F)(CC(F)(F)C(F)(F)C(F)(F)F)NC(=O)O. The Morgan fingerprint density at radius 1 is 0.692 bits per heavy atom. The fourth-order valence-corrected chi connectivity index (χ4v) is 3.99. The molecular weight excluding hydrogens is 586 g/mol. The maximum absolute atomic E-state index is 14.5. The van der Waals surface area contributed by atoms with Gasteiger partial charge in [0.2, 0.25) is 0 Å². The Balaban J connectivity index is 7.13. The quantitative estimate of drug-likeness (QED) is 0.167. The highest BCUT2D eigenvalue weighted by molar-refractivity contribution is 5.66. The molecule has 0 saturated heterocycles. The normalized spacial score (nSPS) is 15.6. The van der Waals surface area contributed by atoms with Gasteiger partial charge in [-0.2, -0.15) is 61.5 Å². The maximum Gasteiger partial charge on any atom is 0.459 e. The van der Waals surface area contributed by atoms with Crippen LogP contribution in [-0.4, -0.2) is 70.5 Å². The average molecular weight is 610 g/mol. The molecule has 2 amide bonds. The Hall–Kier alpha value is -2.44. The van der Waals surface area contributed by atoms with Gasteiger partial charge in [0, 0.05) is 19.4 Å². The third-order valence-electron chi connectivity index (χ3n) is 6.09. The number of rotatable bonds is 13. The molecule has 0 heterocycles. The van der Waals surface area contributed by atoms with Crippen LogP contribution in [0.1, 0.15) is 46.5 Å². The molecule has 0 saturated carbocycles. The molecule has 0 aromatic rings. The second kappa shape index (κ2) is 11.2. The van der Waals surface area contributed by atoms with Crippen molar-refractivity contribution in [2.75, 3.05) is 6.54 Å². The molecule has 232 valence electrons. The van der Waals surface area contributed by atoms with Crippen molar-refractivity contribution in [2.45, 2.75) is 88.0 Å². The molecule has 0 spiro atoms. The summed E-state index contributed by atoms with van der Waals surface area (Å²) in [5.74, 6) is -28.3. The monoisotopic (exact) mass is 610 g/mol. The minimum Gasteiger partial charge on any atom is -0.465 e. The number of hydrogen-bond donors (Lipinski definition) is 4. The van der Waals surface area contributed by atoms with E-state index in [1.54, 1.807) is 5.32 Å². The second-order valence-electron chi connectivity index (χ2n) is 9.63. The van der Waals surface area contributed by atoms with Crippen LogP contribution in [-0.2, 0) is 0 Å². The van der Waals surface area contributed by atoms with E-state index < -0.39 is 90.9 Å². The molecule has 20 heteroatoms. The van der Waals surface area contributed by atoms with Crippen molar-refractivity contribution >= 4 is 12.2 Å². The standard InChI is InChI=1S/C19H24F14N2O4/c1-9(4-5-34-10(36)37)6-12(2,3)13(35-11(38)39,7-14(20,21)16(24,25)18(28,29)30)8-15(22,23)17(26,27)19(31,32)33/h9,34-35H,4-8H2,1-3H3,(H,36,37)(H,38,39). The molecule has 0 aliphatic heterocycles. The molecule has 0 bridgehead atoms. The van der Waals surface area contributed by atoms with Crippen LogP contribution in [0, 0.1) is 11.3 Å². The summed E-state index contributed by atoms with van der Waals surface area (Å²) >= 11 is 0. The van der Waals surface area contributed by atoms with Gasteiger partial charge in [-0.1, -0.05) is 20.8 Å². The third kappa shape index (κ3) is 8.04. The van der Waals surface area contributed by atoms with E-state index in [0.717, 1.165) is 12.2 Å². The third-order valence-corrected chi connectivity index (χ3v) is 6.09. The molecule has 0 aromatic heterocycles. The molecule has 0 rings (SSSR count). The molecule has 4 N–H and O–H groups in total. The first-order valence-electron chi connectivity index (χ1n) is 10.5. The Morgan fingerprint density at radius 2 is 1.05 bits per heavy atom. The Labute approximate surface area is 211 Å². The highest BCUT2D eigenvalue weighted by Crippen LogP contribution is 2.58. The number of halogens is 14. The minimum atomic E-state index is -7.09. The smallest absolute Gasteiger partial charge is 0.459 e. The van der Waals surface area contributed by atoms with E-state index in [2.05, 4.69) is 0 Å². The van der Waals surface area contributed by atoms with Crippen LogP contribution in [0.5, 0.6) is 0 Å².